The number of pyridine rings is 1. The minimum absolute atomic E-state index is 0.0109. The molecule has 1 aliphatic rings. The number of carbonyl (C=O) groups is 1. The Morgan fingerprint density at radius 2 is 2.10 bits per heavy atom. The molecule has 7 nitrogen and oxygen atoms in total. The number of nitrogens with one attached hydrogen (secondary N) is 1. The summed E-state index contributed by atoms with van der Waals surface area (Å²) >= 11 is 0. The van der Waals surface area contributed by atoms with Crippen LogP contribution >= 0.6 is 0 Å². The summed E-state index contributed by atoms with van der Waals surface area (Å²) in [5.41, 5.74) is 7.66. The van der Waals surface area contributed by atoms with E-state index in [1.165, 1.54) is 31.5 Å². The predicted octanol–water partition coefficient (Wildman–Crippen LogP) is 3.37. The largest absolute Gasteiger partial charge is 0.481 e. The fraction of sp³-hybridized carbons (Fsp3) is 0.409. The average molecular weight is 432 g/mol. The third-order valence-electron chi connectivity index (χ3n) is 5.02. The summed E-state index contributed by atoms with van der Waals surface area (Å²) in [7, 11) is 1.49. The molecule has 1 saturated heterocycles. The van der Waals surface area contributed by atoms with Gasteiger partial charge < -0.3 is 20.5 Å². The number of hydrogen-bond donors (Lipinski definition) is 2. The zero-order valence-electron chi connectivity index (χ0n) is 17.7. The number of alkyl halides is 2. The van der Waals surface area contributed by atoms with Crippen LogP contribution in [0.2, 0.25) is 0 Å². The van der Waals surface area contributed by atoms with Crippen molar-refractivity contribution in [3.05, 3.63) is 42.1 Å². The van der Waals surface area contributed by atoms with Crippen molar-refractivity contribution in [3.8, 4) is 22.8 Å². The molecule has 0 spiro atoms. The number of aromatic nitrogens is 1. The van der Waals surface area contributed by atoms with Gasteiger partial charge >= 0.3 is 6.11 Å². The number of methoxy groups -OCH3 is 1. The van der Waals surface area contributed by atoms with Gasteiger partial charge in [-0.1, -0.05) is 0 Å². The number of halogens is 2. The maximum Gasteiger partial charge on any atom is 0.394 e. The molecule has 2 unspecified atom stereocenters. The Kier molecular flexibility index (Phi) is 6.84. The first kappa shape index (κ1) is 22.6. The molecule has 3 rings (SSSR count). The van der Waals surface area contributed by atoms with Gasteiger partial charge in [-0.25, -0.2) is 4.98 Å². The van der Waals surface area contributed by atoms with E-state index in [2.05, 4.69) is 15.3 Å². The molecule has 3 N–H and O–H groups in total. The van der Waals surface area contributed by atoms with E-state index in [9.17, 15) is 13.6 Å². The van der Waals surface area contributed by atoms with Crippen LogP contribution in [-0.2, 0) is 4.79 Å². The van der Waals surface area contributed by atoms with Crippen LogP contribution in [0.15, 0.2) is 41.5 Å². The molecule has 1 aromatic heterocycles. The first-order valence-electron chi connectivity index (χ1n) is 9.99. The highest BCUT2D eigenvalue weighted by molar-refractivity contribution is 6.08. The summed E-state index contributed by atoms with van der Waals surface area (Å²) in [6, 6.07) is 7.88. The molecule has 2 atom stereocenters. The highest BCUT2D eigenvalue weighted by Crippen LogP contribution is 2.31. The Morgan fingerprint density at radius 3 is 2.71 bits per heavy atom. The summed E-state index contributed by atoms with van der Waals surface area (Å²) in [5, 5.41) is 3.29. The fourth-order valence-corrected chi connectivity index (χ4v) is 3.54. The molecular formula is C22H26F2N4O3. The highest BCUT2D eigenvalue weighted by Gasteiger charge is 2.26. The Balaban J connectivity index is 1.98. The zero-order valence-corrected chi connectivity index (χ0v) is 17.7. The maximum absolute atomic E-state index is 13.4. The first-order valence-corrected chi connectivity index (χ1v) is 9.99. The van der Waals surface area contributed by atoms with Crippen LogP contribution in [-0.4, -0.2) is 42.5 Å². The van der Waals surface area contributed by atoms with Crippen molar-refractivity contribution in [2.45, 2.75) is 38.8 Å². The van der Waals surface area contributed by atoms with Gasteiger partial charge in [0.05, 0.1) is 7.11 Å². The molecule has 1 fully saturated rings. The summed E-state index contributed by atoms with van der Waals surface area (Å²) in [6.45, 7) is 3.42. The molecule has 166 valence electrons. The first-order chi connectivity index (χ1) is 14.7. The van der Waals surface area contributed by atoms with E-state index in [1.54, 1.807) is 12.1 Å². The number of aliphatic imine (C=N–C) groups is 1. The quantitative estimate of drug-likeness (QED) is 0.536. The van der Waals surface area contributed by atoms with Gasteiger partial charge in [-0.3, -0.25) is 4.79 Å². The fourth-order valence-electron chi connectivity index (χ4n) is 3.54. The van der Waals surface area contributed by atoms with Crippen molar-refractivity contribution < 1.29 is 23.0 Å². The van der Waals surface area contributed by atoms with E-state index in [1.807, 2.05) is 6.92 Å². The van der Waals surface area contributed by atoms with Crippen molar-refractivity contribution in [2.75, 3.05) is 13.7 Å². The summed E-state index contributed by atoms with van der Waals surface area (Å²) in [5.74, 6) is -0.132. The minimum atomic E-state index is -3.35. The number of piperidine rings is 1. The van der Waals surface area contributed by atoms with Crippen molar-refractivity contribution in [1.29, 1.82) is 0 Å². The lowest BCUT2D eigenvalue weighted by atomic mass is 9.92. The Hall–Kier alpha value is -3.07. The summed E-state index contributed by atoms with van der Waals surface area (Å²) in [4.78, 5) is 20.9. The van der Waals surface area contributed by atoms with Crippen molar-refractivity contribution in [3.63, 3.8) is 0 Å². The smallest absolute Gasteiger partial charge is 0.394 e. The minimum Gasteiger partial charge on any atom is -0.481 e. The second-order valence-corrected chi connectivity index (χ2v) is 7.62. The zero-order chi connectivity index (χ0) is 22.6. The number of nitrogens with zero attached hydrogens (tertiary/aromatic N) is 2. The topological polar surface area (TPSA) is 98.8 Å². The average Bonchev–Trinajstić information content (AvgIpc) is 2.72. The molecule has 2 heterocycles. The SMILES string of the molecule is COc1ccc(-c2cc(OC(C)(F)F)ccc2C(N)=NC(=O)C2CCNC(C)C2)cn1. The molecule has 0 saturated carbocycles. The molecule has 0 aliphatic carbocycles. The lowest BCUT2D eigenvalue weighted by Crippen LogP contribution is -2.38. The molecule has 1 aliphatic heterocycles. The van der Waals surface area contributed by atoms with Gasteiger partial charge in [0.15, 0.2) is 0 Å². The third-order valence-corrected chi connectivity index (χ3v) is 5.02. The Morgan fingerprint density at radius 1 is 1.32 bits per heavy atom. The second-order valence-electron chi connectivity index (χ2n) is 7.62. The van der Waals surface area contributed by atoms with Crippen molar-refractivity contribution >= 4 is 11.7 Å². The number of amidine groups is 1. The number of hydrogen-bond acceptors (Lipinski definition) is 5. The number of ether oxygens (including phenoxy) is 2. The van der Waals surface area contributed by atoms with Crippen LogP contribution < -0.4 is 20.5 Å². The van der Waals surface area contributed by atoms with E-state index in [4.69, 9.17) is 15.2 Å². The van der Waals surface area contributed by atoms with Crippen LogP contribution in [0, 0.1) is 5.92 Å². The van der Waals surface area contributed by atoms with Crippen LogP contribution in [0.25, 0.3) is 11.1 Å². The Bertz CT molecular complexity index is 958. The maximum atomic E-state index is 13.4. The number of amides is 1. The van der Waals surface area contributed by atoms with Crippen LogP contribution in [0.5, 0.6) is 11.6 Å². The van der Waals surface area contributed by atoms with Crippen LogP contribution in [0.1, 0.15) is 32.3 Å². The van der Waals surface area contributed by atoms with Gasteiger partial charge in [-0.2, -0.15) is 13.8 Å². The monoisotopic (exact) mass is 432 g/mol. The van der Waals surface area contributed by atoms with Gasteiger partial charge in [-0.15, -0.1) is 0 Å². The van der Waals surface area contributed by atoms with Crippen molar-refractivity contribution in [1.82, 2.24) is 10.3 Å². The number of nitrogens with two attached hydrogens (primary N) is 1. The third kappa shape index (κ3) is 5.97. The normalized spacial score (nSPS) is 19.7. The summed E-state index contributed by atoms with van der Waals surface area (Å²) in [6.07, 6.45) is -0.454. The Labute approximate surface area is 179 Å². The number of carbonyl (C=O) groups excluding carboxylic acids is 1. The standard InChI is InChI=1S/C22H26F2N4O3/c1-13-10-14(8-9-26-13)21(29)28-20(25)17-6-5-16(31-22(2,23)24)11-18(17)15-4-7-19(30-3)27-12-15/h4-7,11-14,26H,8-10H2,1-3H3,(H2,25,28,29). The van der Waals surface area contributed by atoms with Crippen LogP contribution in [0.4, 0.5) is 8.78 Å². The van der Waals surface area contributed by atoms with Gasteiger partial charge in [0.25, 0.3) is 5.91 Å². The van der Waals surface area contributed by atoms with E-state index >= 15 is 0 Å². The summed E-state index contributed by atoms with van der Waals surface area (Å²) < 4.78 is 36.5. The van der Waals surface area contributed by atoms with E-state index in [0.717, 1.165) is 6.54 Å². The van der Waals surface area contributed by atoms with E-state index < -0.39 is 6.11 Å². The van der Waals surface area contributed by atoms with E-state index in [0.29, 0.717) is 42.3 Å². The van der Waals surface area contributed by atoms with Crippen LogP contribution in [0.3, 0.4) is 0 Å². The molecule has 1 aromatic carbocycles. The molecule has 2 aromatic rings. The molecule has 9 heteroatoms. The predicted molar refractivity (Wildman–Crippen MR) is 113 cm³/mol. The number of rotatable bonds is 6. The molecular weight excluding hydrogens is 406 g/mol. The molecule has 0 radical (unpaired) electrons. The second kappa shape index (κ2) is 9.38. The van der Waals surface area contributed by atoms with Gasteiger partial charge in [0.1, 0.15) is 11.6 Å². The van der Waals surface area contributed by atoms with Gasteiger partial charge in [0.2, 0.25) is 5.88 Å². The lowest BCUT2D eigenvalue weighted by Gasteiger charge is -2.25. The number of benzene rings is 1. The molecule has 0 bridgehead atoms. The van der Waals surface area contributed by atoms with Gasteiger partial charge in [0, 0.05) is 42.3 Å². The molecule has 31 heavy (non-hydrogen) atoms. The highest BCUT2D eigenvalue weighted by atomic mass is 19.3. The van der Waals surface area contributed by atoms with Crippen molar-refractivity contribution in [2.24, 2.45) is 16.6 Å². The van der Waals surface area contributed by atoms with E-state index in [-0.39, 0.29) is 29.5 Å². The van der Waals surface area contributed by atoms with Gasteiger partial charge in [-0.05, 0) is 56.1 Å². The molecule has 1 amide bonds. The lowest BCUT2D eigenvalue weighted by molar-refractivity contribution is -0.158.